The van der Waals surface area contributed by atoms with E-state index in [-0.39, 0.29) is 17.5 Å². The second kappa shape index (κ2) is 6.48. The highest BCUT2D eigenvalue weighted by Gasteiger charge is 2.35. The topological polar surface area (TPSA) is 98.4 Å². The normalized spacial score (nSPS) is 19.4. The number of hydrogen-bond donors (Lipinski definition) is 0. The van der Waals surface area contributed by atoms with Gasteiger partial charge in [-0.1, -0.05) is 5.16 Å². The Morgan fingerprint density at radius 3 is 2.67 bits per heavy atom. The second-order valence-corrected chi connectivity index (χ2v) is 7.79. The molecular weight excluding hydrogens is 332 g/mol. The van der Waals surface area contributed by atoms with Gasteiger partial charge in [0.05, 0.1) is 12.2 Å². The smallest absolute Gasteiger partial charge is 0.248 e. The van der Waals surface area contributed by atoms with Crippen molar-refractivity contribution in [2.75, 3.05) is 13.1 Å². The third-order valence-electron chi connectivity index (χ3n) is 3.97. The quantitative estimate of drug-likeness (QED) is 0.824. The number of hydrogen-bond acceptors (Lipinski definition) is 7. The summed E-state index contributed by atoms with van der Waals surface area (Å²) in [4.78, 5) is 0.151. The lowest BCUT2D eigenvalue weighted by molar-refractivity contribution is 0.123. The molecule has 1 aliphatic heterocycles. The van der Waals surface area contributed by atoms with Crippen molar-refractivity contribution < 1.29 is 17.7 Å². The van der Waals surface area contributed by atoms with Crippen molar-refractivity contribution in [1.29, 1.82) is 0 Å². The first-order valence-electron chi connectivity index (χ1n) is 7.78. The Labute approximate surface area is 140 Å². The van der Waals surface area contributed by atoms with E-state index in [1.165, 1.54) is 4.31 Å². The molecular formula is C15H20N4O4S. The van der Waals surface area contributed by atoms with E-state index in [0.29, 0.717) is 30.3 Å². The largest absolute Gasteiger partial charge is 0.472 e. The molecule has 0 amide bonds. The monoisotopic (exact) mass is 352 g/mol. The van der Waals surface area contributed by atoms with Crippen LogP contribution in [-0.2, 0) is 10.0 Å². The zero-order chi connectivity index (χ0) is 17.3. The van der Waals surface area contributed by atoms with Crippen LogP contribution in [0.3, 0.4) is 0 Å². The molecule has 1 fully saturated rings. The van der Waals surface area contributed by atoms with E-state index in [4.69, 9.17) is 9.26 Å². The third-order valence-corrected chi connectivity index (χ3v) is 6.08. The number of piperidine rings is 1. The van der Waals surface area contributed by atoms with Crippen molar-refractivity contribution >= 4 is 10.0 Å². The molecule has 2 aromatic rings. The molecule has 0 radical (unpaired) electrons. The number of rotatable bonds is 4. The molecule has 0 N–H and O–H groups in total. The van der Waals surface area contributed by atoms with E-state index in [0.717, 1.165) is 12.1 Å². The van der Waals surface area contributed by atoms with E-state index in [9.17, 15) is 8.42 Å². The summed E-state index contributed by atoms with van der Waals surface area (Å²) in [5.74, 6) is 0.710. The predicted molar refractivity (Wildman–Crippen MR) is 85.2 cm³/mol. The van der Waals surface area contributed by atoms with Crippen LogP contribution >= 0.6 is 0 Å². The van der Waals surface area contributed by atoms with Gasteiger partial charge in [0.2, 0.25) is 15.9 Å². The Morgan fingerprint density at radius 1 is 1.25 bits per heavy atom. The van der Waals surface area contributed by atoms with E-state index in [2.05, 4.69) is 15.4 Å². The average molecular weight is 352 g/mol. The van der Waals surface area contributed by atoms with Crippen molar-refractivity contribution in [3.05, 3.63) is 29.3 Å². The van der Waals surface area contributed by atoms with Gasteiger partial charge in [-0.3, -0.25) is 0 Å². The molecule has 1 aliphatic rings. The van der Waals surface area contributed by atoms with Crippen molar-refractivity contribution in [2.45, 2.75) is 44.6 Å². The van der Waals surface area contributed by atoms with Crippen LogP contribution in [0.15, 0.2) is 21.6 Å². The molecule has 3 heterocycles. The Balaban J connectivity index is 1.77. The van der Waals surface area contributed by atoms with Crippen molar-refractivity contribution in [3.8, 4) is 5.88 Å². The predicted octanol–water partition coefficient (Wildman–Crippen LogP) is 1.62. The summed E-state index contributed by atoms with van der Waals surface area (Å²) in [6.07, 6.45) is 1.22. The van der Waals surface area contributed by atoms with Gasteiger partial charge >= 0.3 is 0 Å². The molecule has 24 heavy (non-hydrogen) atoms. The van der Waals surface area contributed by atoms with Crippen LogP contribution in [0.2, 0.25) is 0 Å². The molecule has 1 atom stereocenters. The van der Waals surface area contributed by atoms with Gasteiger partial charge in [-0.15, -0.1) is 5.10 Å². The Bertz CT molecular complexity index is 797. The van der Waals surface area contributed by atoms with Gasteiger partial charge in [0.25, 0.3) is 0 Å². The fraction of sp³-hybridized carbons (Fsp3) is 0.533. The minimum Gasteiger partial charge on any atom is -0.472 e. The van der Waals surface area contributed by atoms with Crippen LogP contribution in [0.1, 0.15) is 30.0 Å². The Kier molecular flexibility index (Phi) is 4.55. The summed E-state index contributed by atoms with van der Waals surface area (Å²) in [6.45, 7) is 5.79. The average Bonchev–Trinajstić information content (AvgIpc) is 2.89. The molecule has 9 heteroatoms. The van der Waals surface area contributed by atoms with E-state index in [1.54, 1.807) is 19.9 Å². The maximum atomic E-state index is 12.9. The molecule has 0 aromatic carbocycles. The minimum absolute atomic E-state index is 0.151. The summed E-state index contributed by atoms with van der Waals surface area (Å²) >= 11 is 0. The van der Waals surface area contributed by atoms with Gasteiger partial charge in [0, 0.05) is 12.6 Å². The third kappa shape index (κ3) is 3.27. The van der Waals surface area contributed by atoms with Gasteiger partial charge in [-0.25, -0.2) is 8.42 Å². The van der Waals surface area contributed by atoms with Crippen LogP contribution < -0.4 is 4.74 Å². The van der Waals surface area contributed by atoms with Crippen LogP contribution in [0.25, 0.3) is 0 Å². The van der Waals surface area contributed by atoms with Crippen molar-refractivity contribution in [1.82, 2.24) is 19.7 Å². The second-order valence-electron chi connectivity index (χ2n) is 5.91. The highest BCUT2D eigenvalue weighted by Crippen LogP contribution is 2.27. The van der Waals surface area contributed by atoms with Gasteiger partial charge < -0.3 is 9.26 Å². The summed E-state index contributed by atoms with van der Waals surface area (Å²) < 4.78 is 38.0. The van der Waals surface area contributed by atoms with Crippen molar-refractivity contribution in [3.63, 3.8) is 0 Å². The first-order valence-corrected chi connectivity index (χ1v) is 9.22. The van der Waals surface area contributed by atoms with Crippen LogP contribution in [0.4, 0.5) is 0 Å². The first-order chi connectivity index (χ1) is 11.4. The lowest BCUT2D eigenvalue weighted by Gasteiger charge is -2.31. The standard InChI is InChI=1S/C15H20N4O4S/c1-10-6-7-14(17-16-10)22-13-5-4-8-19(9-13)24(20,21)15-11(2)18-23-12(15)3/h6-7,13H,4-5,8-9H2,1-3H3/t13-/m0/s1. The molecule has 0 spiro atoms. The van der Waals surface area contributed by atoms with E-state index in [1.807, 2.05) is 13.0 Å². The van der Waals surface area contributed by atoms with E-state index >= 15 is 0 Å². The molecule has 1 saturated heterocycles. The summed E-state index contributed by atoms with van der Waals surface area (Å²) in [5.41, 5.74) is 1.17. The Hall–Kier alpha value is -2.00. The molecule has 0 saturated carbocycles. The molecule has 8 nitrogen and oxygen atoms in total. The van der Waals surface area contributed by atoms with Gasteiger partial charge in [-0.05, 0) is 39.7 Å². The Morgan fingerprint density at radius 2 is 2.04 bits per heavy atom. The van der Waals surface area contributed by atoms with Gasteiger partial charge in [-0.2, -0.15) is 9.40 Å². The maximum absolute atomic E-state index is 12.9. The molecule has 2 aromatic heterocycles. The van der Waals surface area contributed by atoms with Gasteiger partial charge in [0.1, 0.15) is 16.7 Å². The lowest BCUT2D eigenvalue weighted by Crippen LogP contribution is -2.44. The zero-order valence-corrected chi connectivity index (χ0v) is 14.7. The highest BCUT2D eigenvalue weighted by molar-refractivity contribution is 7.89. The zero-order valence-electron chi connectivity index (χ0n) is 13.9. The minimum atomic E-state index is -3.65. The van der Waals surface area contributed by atoms with Crippen LogP contribution in [-0.4, -0.2) is 47.3 Å². The van der Waals surface area contributed by atoms with Crippen molar-refractivity contribution in [2.24, 2.45) is 0 Å². The molecule has 0 bridgehead atoms. The van der Waals surface area contributed by atoms with Gasteiger partial charge in [0.15, 0.2) is 5.76 Å². The van der Waals surface area contributed by atoms with Crippen LogP contribution in [0.5, 0.6) is 5.88 Å². The summed E-state index contributed by atoms with van der Waals surface area (Å²) in [6, 6.07) is 3.55. The molecule has 0 aliphatic carbocycles. The fourth-order valence-corrected chi connectivity index (χ4v) is 4.61. The fourth-order valence-electron chi connectivity index (χ4n) is 2.81. The molecule has 3 rings (SSSR count). The SMILES string of the molecule is Cc1ccc(O[C@H]2CCCN(S(=O)(=O)c3c(C)noc3C)C2)nn1. The number of sulfonamides is 1. The number of ether oxygens (including phenoxy) is 1. The summed E-state index contributed by atoms with van der Waals surface area (Å²) in [7, 11) is -3.65. The van der Waals surface area contributed by atoms with Crippen LogP contribution in [0, 0.1) is 20.8 Å². The highest BCUT2D eigenvalue weighted by atomic mass is 32.2. The number of nitrogens with zero attached hydrogens (tertiary/aromatic N) is 4. The number of aromatic nitrogens is 3. The first kappa shape index (κ1) is 16.8. The number of aryl methyl sites for hydroxylation is 3. The van der Waals surface area contributed by atoms with E-state index < -0.39 is 10.0 Å². The maximum Gasteiger partial charge on any atom is 0.248 e. The lowest BCUT2D eigenvalue weighted by atomic mass is 10.1. The molecule has 130 valence electrons. The molecule has 0 unspecified atom stereocenters. The summed E-state index contributed by atoms with van der Waals surface area (Å²) in [5, 5.41) is 11.7.